The molecule has 760 valence electrons. The highest BCUT2D eigenvalue weighted by Crippen LogP contribution is 2.42. The lowest BCUT2D eigenvalue weighted by atomic mass is 9.95. The van der Waals surface area contributed by atoms with Crippen LogP contribution in [0.2, 0.25) is 0 Å². The summed E-state index contributed by atoms with van der Waals surface area (Å²) in [5.74, 6) is -5.42. The fraction of sp³-hybridized carbons (Fsp3) is 0.516. The SMILES string of the molecule is CCCNC(=O)C(CCCN=C(N)N)NC(=O)COc1cc2oc3cc(OCC(=O)NC(CCCN=C(N)N)C(=O)NCCN)c(CO)c(CC=C(C)C)c3c(=O)c2c(O)c1CC=C(C)C.CCCNCCNC(=O)C(CCCN=C(N)N)NC(=O)COc1cc2oc3cc(OCC(=O)NC(CCCN=C(N)N)C(=O)NCCCCCN)c(CO)c(CC=C(C)C)c3c(=O)c2c(O)c1CC=C(C)C. The lowest BCUT2D eigenvalue weighted by Crippen LogP contribution is -2.49. The zero-order chi connectivity index (χ0) is 102. The molecule has 0 radical (unpaired) electrons. The van der Waals surface area contributed by atoms with Gasteiger partial charge in [0, 0.05) is 112 Å². The summed E-state index contributed by atoms with van der Waals surface area (Å²) in [6, 6.07) is 1.75. The molecule has 0 aliphatic rings. The first-order valence-corrected chi connectivity index (χ1v) is 46.3. The van der Waals surface area contributed by atoms with E-state index in [1.807, 2.05) is 93.5 Å². The molecular formula is C95H145N23O20. The number of phenolic OH excluding ortho intramolecular Hbond substituents is 2. The van der Waals surface area contributed by atoms with E-state index >= 15 is 0 Å². The van der Waals surface area contributed by atoms with E-state index in [1.165, 1.54) is 24.3 Å². The lowest BCUT2D eigenvalue weighted by molar-refractivity contribution is -0.130. The third-order valence-electron chi connectivity index (χ3n) is 21.1. The van der Waals surface area contributed by atoms with E-state index in [4.69, 9.17) is 85.1 Å². The molecule has 2 heterocycles. The average molecular weight is 1930 g/mol. The normalized spacial score (nSPS) is 11.8. The van der Waals surface area contributed by atoms with E-state index in [0.717, 1.165) is 48.1 Å². The summed E-state index contributed by atoms with van der Waals surface area (Å²) >= 11 is 0. The highest BCUT2D eigenvalue weighted by atomic mass is 16.5. The molecule has 6 rings (SSSR count). The number of amides is 8. The van der Waals surface area contributed by atoms with Crippen LogP contribution < -0.4 is 135 Å². The van der Waals surface area contributed by atoms with Crippen molar-refractivity contribution in [2.24, 2.45) is 77.3 Å². The number of phenols is 2. The molecule has 2 aromatic heterocycles. The number of fused-ring (bicyclic) bond motifs is 4. The molecule has 0 saturated carbocycles. The number of guanidine groups is 4. The van der Waals surface area contributed by atoms with Crippen LogP contribution in [-0.2, 0) is 77.3 Å². The molecule has 8 amide bonds. The number of unbranched alkanes of at least 4 members (excludes halogenated alkanes) is 2. The number of aliphatic hydroxyl groups is 2. The van der Waals surface area contributed by atoms with Crippen LogP contribution in [0.1, 0.15) is 186 Å². The second-order valence-corrected chi connectivity index (χ2v) is 33.7. The summed E-state index contributed by atoms with van der Waals surface area (Å²) in [4.78, 5) is 151. The van der Waals surface area contributed by atoms with Crippen molar-refractivity contribution in [3.05, 3.63) is 125 Å². The van der Waals surface area contributed by atoms with Gasteiger partial charge in [-0.1, -0.05) is 66.9 Å². The van der Waals surface area contributed by atoms with Crippen molar-refractivity contribution >= 4 is 115 Å². The van der Waals surface area contributed by atoms with Gasteiger partial charge in [-0.05, 0) is 182 Å². The predicted molar refractivity (Wildman–Crippen MR) is 534 cm³/mol. The Morgan fingerprint density at radius 3 is 0.942 bits per heavy atom. The topological polar surface area (TPSA) is 733 Å². The Labute approximate surface area is 802 Å². The van der Waals surface area contributed by atoms with Crippen LogP contribution in [0.15, 0.2) is 109 Å². The van der Waals surface area contributed by atoms with Gasteiger partial charge in [0.15, 0.2) is 50.3 Å². The predicted octanol–water partition coefficient (Wildman–Crippen LogP) is 1.95. The number of nitrogens with one attached hydrogen (secondary N) is 9. The summed E-state index contributed by atoms with van der Waals surface area (Å²) in [7, 11) is 0. The Kier molecular flexibility index (Phi) is 50.4. The molecule has 0 bridgehead atoms. The quantitative estimate of drug-likeness (QED) is 0.00853. The molecule has 43 nitrogen and oxygen atoms in total. The van der Waals surface area contributed by atoms with Gasteiger partial charge in [0.2, 0.25) is 34.5 Å². The van der Waals surface area contributed by atoms with Gasteiger partial charge in [-0.25, -0.2) is 0 Å². The summed E-state index contributed by atoms with van der Waals surface area (Å²) in [6.07, 6.45) is 14.2. The molecule has 0 spiro atoms. The first-order valence-electron chi connectivity index (χ1n) is 46.3. The van der Waals surface area contributed by atoms with E-state index < -0.39 is 128 Å². The first kappa shape index (κ1) is 115. The Morgan fingerprint density at radius 2 is 0.652 bits per heavy atom. The minimum atomic E-state index is -0.973. The Morgan fingerprint density at radius 1 is 0.362 bits per heavy atom. The number of carbonyl (C=O) groups excluding carboxylic acids is 8. The summed E-state index contributed by atoms with van der Waals surface area (Å²) in [5, 5.41) is 70.3. The number of benzene rings is 4. The monoisotopic (exact) mass is 1930 g/mol. The Hall–Kier alpha value is -13.8. The maximum Gasteiger partial charge on any atom is 0.258 e. The average Bonchev–Trinajstić information content (AvgIpc) is 0.738. The molecule has 0 fully saturated rings. The van der Waals surface area contributed by atoms with Crippen molar-refractivity contribution in [1.29, 1.82) is 0 Å². The molecule has 4 atom stereocenters. The van der Waals surface area contributed by atoms with E-state index in [2.05, 4.69) is 67.8 Å². The largest absolute Gasteiger partial charge is 0.507 e. The number of aliphatic hydroxyl groups excluding tert-OH is 2. The number of rotatable bonds is 60. The van der Waals surface area contributed by atoms with Gasteiger partial charge < -0.3 is 153 Å². The smallest absolute Gasteiger partial charge is 0.258 e. The molecule has 0 saturated heterocycles. The number of nitrogens with two attached hydrogens (primary N) is 10. The number of hydrogen-bond acceptors (Lipinski definition) is 27. The van der Waals surface area contributed by atoms with Crippen LogP contribution in [0.4, 0.5) is 0 Å². The number of ether oxygens (including phenoxy) is 4. The second kappa shape index (κ2) is 60.6. The zero-order valence-electron chi connectivity index (χ0n) is 81.1. The number of carbonyl (C=O) groups is 8. The van der Waals surface area contributed by atoms with Crippen LogP contribution in [-0.4, -0.2) is 221 Å². The van der Waals surface area contributed by atoms with Crippen LogP contribution in [0.3, 0.4) is 0 Å². The third-order valence-corrected chi connectivity index (χ3v) is 21.1. The maximum absolute atomic E-state index is 14.7. The van der Waals surface area contributed by atoms with Crippen LogP contribution >= 0.6 is 0 Å². The van der Waals surface area contributed by atoms with Gasteiger partial charge in [0.25, 0.3) is 23.6 Å². The molecule has 138 heavy (non-hydrogen) atoms. The zero-order valence-corrected chi connectivity index (χ0v) is 81.1. The highest BCUT2D eigenvalue weighted by molar-refractivity contribution is 6.00. The molecular weight excluding hydrogens is 1780 g/mol. The molecule has 4 aromatic carbocycles. The van der Waals surface area contributed by atoms with E-state index in [1.54, 1.807) is 0 Å². The van der Waals surface area contributed by atoms with E-state index in [0.29, 0.717) is 82.4 Å². The number of aliphatic imine (C=N–C) groups is 4. The number of hydrogen-bond donors (Lipinski definition) is 23. The lowest BCUT2D eigenvalue weighted by Gasteiger charge is -2.20. The van der Waals surface area contributed by atoms with E-state index in [-0.39, 0.29) is 210 Å². The number of aromatic hydroxyl groups is 2. The van der Waals surface area contributed by atoms with Crippen LogP contribution in [0, 0.1) is 0 Å². The second-order valence-electron chi connectivity index (χ2n) is 33.7. The molecule has 6 aromatic rings. The molecule has 0 aliphatic heterocycles. The number of allylic oxidation sites excluding steroid dienone is 8. The van der Waals surface area contributed by atoms with Crippen molar-refractivity contribution in [2.75, 3.05) is 105 Å². The summed E-state index contributed by atoms with van der Waals surface area (Å²) in [6.45, 7) is 19.6. The maximum atomic E-state index is 14.7. The van der Waals surface area contributed by atoms with Gasteiger partial charge >= 0.3 is 0 Å². The Balaban J connectivity index is 0.000000489. The van der Waals surface area contributed by atoms with E-state index in [9.17, 15) is 68.4 Å². The minimum Gasteiger partial charge on any atom is -0.507 e. The van der Waals surface area contributed by atoms with Crippen LogP contribution in [0.5, 0.6) is 34.5 Å². The number of nitrogens with zero attached hydrogens (tertiary/aromatic N) is 4. The standard InChI is InChI=1S/C50H78N12O10.C45H67N11O10/c1-6-19-56-23-24-58-48(69)36(13-11-22-60-50(54)55)62-41(64)28-70-37-25-40-44(45(66)33(37)17-15-31(4)5)46(67)43-32(16-14-30(2)3)34(27-63)38(26-39(43)72-40)71-29-42(65)61-35(12-10-21-59-49(52)53)47(68)57-20-9-7-8-18-51;1-6-16-51-42(62)30(9-7-17-53-44(47)48)55-36(58)23-64-32-20-35-39(40(60)28(32)14-12-26(4)5)41(61)38-27(13-11-25(2)3)29(22-57)33(21-34(38)66-35)65-24-37(59)56-31(43(63)52-19-15-46)10-8-18-54-45(49)50/h14-15,25-26,35-36,56,63,66H,6-13,16-24,27-29,51H2,1-5H3,(H,57,68)(H,58,69)(H,61,65)(H,62,64)(H4,52,53,59)(H4,54,55,60);11-12,20-21,30-31,57,60H,6-10,13-19,22-24,46H2,1-5H3,(H,51,62)(H,52,63)(H,55,58)(H,56,59)(H4,47,48,53)(H4,49,50,54). The van der Waals surface area contributed by atoms with Crippen molar-refractivity contribution in [2.45, 2.75) is 216 Å². The van der Waals surface area contributed by atoms with Crippen molar-refractivity contribution in [3.63, 3.8) is 0 Å². The van der Waals surface area contributed by atoms with Crippen molar-refractivity contribution < 1.29 is 86.6 Å². The fourth-order valence-electron chi connectivity index (χ4n) is 14.2. The van der Waals surface area contributed by atoms with Crippen LogP contribution in [0.25, 0.3) is 43.9 Å². The Bertz CT molecular complexity index is 5500. The van der Waals surface area contributed by atoms with Gasteiger partial charge in [-0.3, -0.25) is 67.9 Å². The fourth-order valence-corrected chi connectivity index (χ4v) is 14.2. The van der Waals surface area contributed by atoms with Gasteiger partial charge in [-0.15, -0.1) is 0 Å². The third kappa shape index (κ3) is 38.4. The first-order chi connectivity index (χ1) is 65.8. The molecule has 4 unspecified atom stereocenters. The minimum absolute atomic E-state index is 0.00200. The van der Waals surface area contributed by atoms with Crippen molar-refractivity contribution in [3.8, 4) is 34.5 Å². The molecule has 43 heteroatoms. The van der Waals surface area contributed by atoms with Crippen molar-refractivity contribution in [1.82, 2.24) is 47.9 Å². The van der Waals surface area contributed by atoms with Gasteiger partial charge in [0.1, 0.15) is 91.8 Å². The summed E-state index contributed by atoms with van der Waals surface area (Å²) < 4.78 is 36.8. The van der Waals surface area contributed by atoms with Gasteiger partial charge in [-0.2, -0.15) is 0 Å². The van der Waals surface area contributed by atoms with Gasteiger partial charge in [0.05, 0.1) is 24.0 Å². The highest BCUT2D eigenvalue weighted by Gasteiger charge is 2.31. The summed E-state index contributed by atoms with van der Waals surface area (Å²) in [5.41, 5.74) is 58.4. The molecule has 33 N–H and O–H groups in total. The molecule has 0 aliphatic carbocycles.